The molecule has 3 rings (SSSR count). The molecule has 0 amide bonds. The molecule has 1 aromatic rings. The van der Waals surface area contributed by atoms with E-state index in [0.29, 0.717) is 12.5 Å². The molecule has 2 aliphatic rings. The first-order chi connectivity index (χ1) is 10.1. The zero-order chi connectivity index (χ0) is 14.7. The third kappa shape index (κ3) is 4.05. The average molecular weight is 308 g/mol. The van der Waals surface area contributed by atoms with Gasteiger partial charge in [0.15, 0.2) is 0 Å². The second kappa shape index (κ2) is 6.46. The predicted octanol–water partition coefficient (Wildman–Crippen LogP) is 1.98. The molecule has 2 fully saturated rings. The SMILES string of the molecule is O=S(=O)(Cc1ccccc1)N(CC1CCNCC1)C1CC1. The summed E-state index contributed by atoms with van der Waals surface area (Å²) in [6.07, 6.45) is 4.23. The monoisotopic (exact) mass is 308 g/mol. The molecule has 1 aliphatic carbocycles. The lowest BCUT2D eigenvalue weighted by molar-refractivity contribution is 0.283. The van der Waals surface area contributed by atoms with Gasteiger partial charge in [0.25, 0.3) is 0 Å². The number of benzene rings is 1. The van der Waals surface area contributed by atoms with Gasteiger partial charge in [-0.25, -0.2) is 8.42 Å². The lowest BCUT2D eigenvalue weighted by Gasteiger charge is -2.29. The number of piperidine rings is 1. The Kier molecular flexibility index (Phi) is 4.62. The highest BCUT2D eigenvalue weighted by Gasteiger charge is 2.38. The maximum atomic E-state index is 12.8. The van der Waals surface area contributed by atoms with Crippen LogP contribution in [0.1, 0.15) is 31.2 Å². The van der Waals surface area contributed by atoms with Gasteiger partial charge < -0.3 is 5.32 Å². The van der Waals surface area contributed by atoms with Gasteiger partial charge in [-0.1, -0.05) is 30.3 Å². The number of sulfonamides is 1. The van der Waals surface area contributed by atoms with Crippen molar-refractivity contribution in [1.29, 1.82) is 0 Å². The van der Waals surface area contributed by atoms with Crippen molar-refractivity contribution in [1.82, 2.24) is 9.62 Å². The quantitative estimate of drug-likeness (QED) is 0.874. The number of rotatable bonds is 6. The Morgan fingerprint density at radius 1 is 1.05 bits per heavy atom. The van der Waals surface area contributed by atoms with E-state index in [1.807, 2.05) is 30.3 Å². The summed E-state index contributed by atoms with van der Waals surface area (Å²) in [5.41, 5.74) is 0.883. The summed E-state index contributed by atoms with van der Waals surface area (Å²) in [6, 6.07) is 9.77. The summed E-state index contributed by atoms with van der Waals surface area (Å²) in [7, 11) is -3.20. The van der Waals surface area contributed by atoms with E-state index in [2.05, 4.69) is 5.32 Å². The third-order valence-electron chi connectivity index (χ3n) is 4.40. The molecular formula is C16H24N2O2S. The summed E-state index contributed by atoms with van der Waals surface area (Å²) in [6.45, 7) is 2.74. The number of nitrogens with zero attached hydrogens (tertiary/aromatic N) is 1. The van der Waals surface area contributed by atoms with E-state index < -0.39 is 10.0 Å². The highest BCUT2D eigenvalue weighted by atomic mass is 32.2. The Morgan fingerprint density at radius 3 is 2.33 bits per heavy atom. The molecule has 116 valence electrons. The van der Waals surface area contributed by atoms with Crippen LogP contribution in [-0.2, 0) is 15.8 Å². The first-order valence-electron chi connectivity index (χ1n) is 7.89. The average Bonchev–Trinajstić information content (AvgIpc) is 3.31. The molecule has 0 unspecified atom stereocenters. The number of hydrogen-bond donors (Lipinski definition) is 1. The summed E-state index contributed by atoms with van der Waals surface area (Å²) < 4.78 is 27.3. The van der Waals surface area contributed by atoms with Gasteiger partial charge in [-0.15, -0.1) is 0 Å². The zero-order valence-corrected chi connectivity index (χ0v) is 13.2. The van der Waals surface area contributed by atoms with E-state index in [1.54, 1.807) is 4.31 Å². The minimum Gasteiger partial charge on any atom is -0.317 e. The summed E-state index contributed by atoms with van der Waals surface area (Å²) in [4.78, 5) is 0. The standard InChI is InChI=1S/C16H24N2O2S/c19-21(20,13-15-4-2-1-3-5-15)18(16-6-7-16)12-14-8-10-17-11-9-14/h1-5,14,16-17H,6-13H2. The molecule has 1 aliphatic heterocycles. The molecule has 1 heterocycles. The van der Waals surface area contributed by atoms with Crippen LogP contribution in [-0.4, -0.2) is 38.4 Å². The lowest BCUT2D eigenvalue weighted by Crippen LogP contribution is -2.41. The van der Waals surface area contributed by atoms with E-state index in [1.165, 1.54) is 0 Å². The zero-order valence-electron chi connectivity index (χ0n) is 12.4. The van der Waals surface area contributed by atoms with Crippen LogP contribution in [0.3, 0.4) is 0 Å². The van der Waals surface area contributed by atoms with Crippen LogP contribution in [0.15, 0.2) is 30.3 Å². The smallest absolute Gasteiger partial charge is 0.218 e. The first kappa shape index (κ1) is 15.0. The van der Waals surface area contributed by atoms with Crippen LogP contribution in [0.4, 0.5) is 0 Å². The van der Waals surface area contributed by atoms with Crippen LogP contribution >= 0.6 is 0 Å². The van der Waals surface area contributed by atoms with Gasteiger partial charge in [0, 0.05) is 12.6 Å². The fraction of sp³-hybridized carbons (Fsp3) is 0.625. The minimum absolute atomic E-state index is 0.134. The van der Waals surface area contributed by atoms with Crippen molar-refractivity contribution in [3.63, 3.8) is 0 Å². The molecule has 0 spiro atoms. The van der Waals surface area contributed by atoms with Crippen molar-refractivity contribution in [2.75, 3.05) is 19.6 Å². The fourth-order valence-corrected chi connectivity index (χ4v) is 4.92. The molecular weight excluding hydrogens is 284 g/mol. The highest BCUT2D eigenvalue weighted by Crippen LogP contribution is 2.32. The maximum absolute atomic E-state index is 12.8. The van der Waals surface area contributed by atoms with Crippen molar-refractivity contribution in [2.45, 2.75) is 37.5 Å². The summed E-state index contributed by atoms with van der Waals surface area (Å²) >= 11 is 0. The minimum atomic E-state index is -3.20. The van der Waals surface area contributed by atoms with E-state index in [-0.39, 0.29) is 11.8 Å². The van der Waals surface area contributed by atoms with Gasteiger partial charge in [-0.3, -0.25) is 0 Å². The molecule has 5 heteroatoms. The third-order valence-corrected chi connectivity index (χ3v) is 6.26. The van der Waals surface area contributed by atoms with Gasteiger partial charge in [0.1, 0.15) is 0 Å². The van der Waals surface area contributed by atoms with Crippen molar-refractivity contribution in [3.8, 4) is 0 Å². The van der Waals surface area contributed by atoms with Crippen molar-refractivity contribution in [3.05, 3.63) is 35.9 Å². The molecule has 4 nitrogen and oxygen atoms in total. The molecule has 21 heavy (non-hydrogen) atoms. The number of hydrogen-bond acceptors (Lipinski definition) is 3. The number of nitrogens with one attached hydrogen (secondary N) is 1. The Labute approximate surface area is 127 Å². The van der Waals surface area contributed by atoms with Gasteiger partial charge in [0.05, 0.1) is 5.75 Å². The van der Waals surface area contributed by atoms with E-state index in [9.17, 15) is 8.42 Å². The highest BCUT2D eigenvalue weighted by molar-refractivity contribution is 7.88. The molecule has 1 aromatic carbocycles. The second-order valence-corrected chi connectivity index (χ2v) is 8.16. The Bertz CT molecular complexity index is 549. The van der Waals surface area contributed by atoms with Crippen molar-refractivity contribution < 1.29 is 8.42 Å². The molecule has 0 radical (unpaired) electrons. The first-order valence-corrected chi connectivity index (χ1v) is 9.50. The van der Waals surface area contributed by atoms with Crippen molar-refractivity contribution in [2.24, 2.45) is 5.92 Å². The molecule has 0 bridgehead atoms. The molecule has 1 saturated carbocycles. The predicted molar refractivity (Wildman–Crippen MR) is 84.4 cm³/mol. The summed E-state index contributed by atoms with van der Waals surface area (Å²) in [5.74, 6) is 0.646. The van der Waals surface area contributed by atoms with Crippen LogP contribution < -0.4 is 5.32 Å². The van der Waals surface area contributed by atoms with E-state index in [0.717, 1.165) is 44.3 Å². The summed E-state index contributed by atoms with van der Waals surface area (Å²) in [5, 5.41) is 3.34. The van der Waals surface area contributed by atoms with Crippen molar-refractivity contribution >= 4 is 10.0 Å². The second-order valence-electron chi connectivity index (χ2n) is 6.24. The van der Waals surface area contributed by atoms with Gasteiger partial charge in [0.2, 0.25) is 10.0 Å². The largest absolute Gasteiger partial charge is 0.317 e. The van der Waals surface area contributed by atoms with Crippen LogP contribution in [0.25, 0.3) is 0 Å². The molecule has 1 saturated heterocycles. The Balaban J connectivity index is 1.70. The molecule has 1 N–H and O–H groups in total. The molecule has 0 aromatic heterocycles. The van der Waals surface area contributed by atoms with Crippen LogP contribution in [0.2, 0.25) is 0 Å². The van der Waals surface area contributed by atoms with E-state index in [4.69, 9.17) is 0 Å². The van der Waals surface area contributed by atoms with Gasteiger partial charge in [-0.2, -0.15) is 4.31 Å². The molecule has 0 atom stereocenters. The topological polar surface area (TPSA) is 49.4 Å². The van der Waals surface area contributed by atoms with E-state index >= 15 is 0 Å². The van der Waals surface area contributed by atoms with Crippen LogP contribution in [0.5, 0.6) is 0 Å². The maximum Gasteiger partial charge on any atom is 0.218 e. The fourth-order valence-electron chi connectivity index (χ4n) is 3.04. The Hall–Kier alpha value is -0.910. The van der Waals surface area contributed by atoms with Crippen LogP contribution in [0, 0.1) is 5.92 Å². The Morgan fingerprint density at radius 2 is 1.71 bits per heavy atom. The van der Waals surface area contributed by atoms with Gasteiger partial charge in [-0.05, 0) is 50.3 Å². The normalized spacial score (nSPS) is 20.8. The van der Waals surface area contributed by atoms with Gasteiger partial charge >= 0.3 is 0 Å². The lowest BCUT2D eigenvalue weighted by atomic mass is 9.98.